The van der Waals surface area contributed by atoms with Crippen molar-refractivity contribution in [3.05, 3.63) is 77.1 Å². The van der Waals surface area contributed by atoms with Crippen LogP contribution in [-0.4, -0.2) is 57.6 Å². The van der Waals surface area contributed by atoms with E-state index < -0.39 is 0 Å². The molecule has 1 unspecified atom stereocenters. The van der Waals surface area contributed by atoms with E-state index in [0.717, 1.165) is 22.7 Å². The summed E-state index contributed by atoms with van der Waals surface area (Å²) in [5, 5.41) is 4.71. The van der Waals surface area contributed by atoms with E-state index in [1.807, 2.05) is 42.2 Å². The lowest BCUT2D eigenvalue weighted by atomic mass is 9.94. The Morgan fingerprint density at radius 1 is 1.06 bits per heavy atom. The summed E-state index contributed by atoms with van der Waals surface area (Å²) in [7, 11) is 1.60. The molecular weight excluding hydrogens is 416 g/mol. The van der Waals surface area contributed by atoms with Crippen molar-refractivity contribution >= 4 is 11.8 Å². The highest BCUT2D eigenvalue weighted by atomic mass is 16.5. The van der Waals surface area contributed by atoms with Crippen LogP contribution < -0.4 is 4.74 Å². The molecule has 7 heteroatoms. The van der Waals surface area contributed by atoms with Gasteiger partial charge in [-0.25, -0.2) is 4.68 Å². The van der Waals surface area contributed by atoms with E-state index in [0.29, 0.717) is 24.3 Å². The third-order valence-corrected chi connectivity index (χ3v) is 6.65. The Balaban J connectivity index is 1.40. The number of carbonyl (C=O) groups is 2. The van der Waals surface area contributed by atoms with Crippen molar-refractivity contribution in [3.8, 4) is 11.4 Å². The maximum absolute atomic E-state index is 13.7. The number of para-hydroxylation sites is 1. The highest BCUT2D eigenvalue weighted by Crippen LogP contribution is 2.43. The topological polar surface area (TPSA) is 67.7 Å². The lowest BCUT2D eigenvalue weighted by molar-refractivity contribution is 0.00829. The number of methoxy groups -OCH3 is 1. The summed E-state index contributed by atoms with van der Waals surface area (Å²) in [4.78, 5) is 30.4. The van der Waals surface area contributed by atoms with Gasteiger partial charge in [-0.2, -0.15) is 5.10 Å². The first-order valence-electron chi connectivity index (χ1n) is 11.3. The van der Waals surface area contributed by atoms with Gasteiger partial charge in [0, 0.05) is 24.2 Å². The summed E-state index contributed by atoms with van der Waals surface area (Å²) in [6.07, 6.45) is 0. The predicted molar refractivity (Wildman–Crippen MR) is 125 cm³/mol. The second-order valence-electron chi connectivity index (χ2n) is 9.09. The van der Waals surface area contributed by atoms with Crippen molar-refractivity contribution in [1.29, 1.82) is 0 Å². The molecule has 0 bridgehead atoms. The van der Waals surface area contributed by atoms with E-state index in [4.69, 9.17) is 9.84 Å². The SMILES string of the molecule is COc1ccc(C(=O)N2CC(N3C(=O)c4c(c(C)nn4-c4ccccc4)C3C(C)C)C2)cc1. The molecule has 0 spiro atoms. The number of rotatable bonds is 5. The maximum Gasteiger partial charge on any atom is 0.273 e. The first kappa shape index (κ1) is 21.2. The van der Waals surface area contributed by atoms with Crippen LogP contribution in [0.3, 0.4) is 0 Å². The average molecular weight is 445 g/mol. The number of aryl methyl sites for hydroxylation is 1. The zero-order chi connectivity index (χ0) is 23.3. The summed E-state index contributed by atoms with van der Waals surface area (Å²) < 4.78 is 6.96. The van der Waals surface area contributed by atoms with Crippen LogP contribution in [0.1, 0.15) is 52.0 Å². The molecule has 3 aromatic rings. The molecule has 170 valence electrons. The number of benzene rings is 2. The molecule has 2 aliphatic rings. The third kappa shape index (κ3) is 3.39. The van der Waals surface area contributed by atoms with Crippen molar-refractivity contribution in [2.75, 3.05) is 20.2 Å². The van der Waals surface area contributed by atoms with Crippen LogP contribution in [0, 0.1) is 12.8 Å². The van der Waals surface area contributed by atoms with Crippen molar-refractivity contribution in [2.24, 2.45) is 5.92 Å². The van der Waals surface area contributed by atoms with E-state index in [1.54, 1.807) is 41.0 Å². The smallest absolute Gasteiger partial charge is 0.273 e. The summed E-state index contributed by atoms with van der Waals surface area (Å²) in [6, 6.07) is 16.9. The van der Waals surface area contributed by atoms with Crippen LogP contribution in [0.4, 0.5) is 0 Å². The maximum atomic E-state index is 13.7. The van der Waals surface area contributed by atoms with Gasteiger partial charge >= 0.3 is 0 Å². The molecule has 1 aromatic heterocycles. The Morgan fingerprint density at radius 2 is 1.73 bits per heavy atom. The molecule has 0 radical (unpaired) electrons. The van der Waals surface area contributed by atoms with Crippen LogP contribution in [0.25, 0.3) is 5.69 Å². The van der Waals surface area contributed by atoms with E-state index in [9.17, 15) is 9.59 Å². The van der Waals surface area contributed by atoms with Crippen LogP contribution in [0.15, 0.2) is 54.6 Å². The highest BCUT2D eigenvalue weighted by molar-refractivity contribution is 5.99. The van der Waals surface area contributed by atoms with Crippen molar-refractivity contribution in [3.63, 3.8) is 0 Å². The summed E-state index contributed by atoms with van der Waals surface area (Å²) >= 11 is 0. The molecule has 0 N–H and O–H groups in total. The number of amides is 2. The van der Waals surface area contributed by atoms with Crippen LogP contribution >= 0.6 is 0 Å². The Bertz CT molecular complexity index is 1190. The molecule has 2 amide bonds. The van der Waals surface area contributed by atoms with Gasteiger partial charge in [0.1, 0.15) is 11.4 Å². The fraction of sp³-hybridized carbons (Fsp3) is 0.346. The van der Waals surface area contributed by atoms with Crippen molar-refractivity contribution in [2.45, 2.75) is 32.9 Å². The fourth-order valence-corrected chi connectivity index (χ4v) is 5.00. The molecule has 2 aliphatic heterocycles. The van der Waals surface area contributed by atoms with Crippen molar-refractivity contribution < 1.29 is 14.3 Å². The highest BCUT2D eigenvalue weighted by Gasteiger charge is 2.50. The minimum absolute atomic E-state index is 0.00491. The minimum Gasteiger partial charge on any atom is -0.497 e. The normalized spacial score (nSPS) is 18.0. The second-order valence-corrected chi connectivity index (χ2v) is 9.09. The molecule has 7 nitrogen and oxygen atoms in total. The Hall–Kier alpha value is -3.61. The number of hydrogen-bond acceptors (Lipinski definition) is 4. The third-order valence-electron chi connectivity index (χ3n) is 6.65. The van der Waals surface area contributed by atoms with Crippen LogP contribution in [0.2, 0.25) is 0 Å². The average Bonchev–Trinajstić information content (AvgIpc) is 3.29. The molecule has 5 rings (SSSR count). The van der Waals surface area contributed by atoms with Gasteiger partial charge in [0.15, 0.2) is 0 Å². The van der Waals surface area contributed by atoms with Gasteiger partial charge in [-0.05, 0) is 49.2 Å². The van der Waals surface area contributed by atoms with E-state index >= 15 is 0 Å². The van der Waals surface area contributed by atoms with Gasteiger partial charge in [-0.3, -0.25) is 9.59 Å². The van der Waals surface area contributed by atoms with Gasteiger partial charge in [-0.1, -0.05) is 32.0 Å². The van der Waals surface area contributed by atoms with Gasteiger partial charge in [0.25, 0.3) is 11.8 Å². The van der Waals surface area contributed by atoms with Crippen molar-refractivity contribution in [1.82, 2.24) is 19.6 Å². The van der Waals surface area contributed by atoms with Gasteiger partial charge in [0.2, 0.25) is 0 Å². The molecule has 1 atom stereocenters. The fourth-order valence-electron chi connectivity index (χ4n) is 5.00. The molecule has 33 heavy (non-hydrogen) atoms. The molecule has 0 aliphatic carbocycles. The zero-order valence-electron chi connectivity index (χ0n) is 19.4. The number of likely N-dealkylation sites (tertiary alicyclic amines) is 1. The standard InChI is InChI=1S/C26H28N4O3/c1-16(2)23-22-17(3)27-30(19-8-6-5-7-9-19)24(22)26(32)29(23)20-14-28(15-20)25(31)18-10-12-21(33-4)13-11-18/h5-13,16,20,23H,14-15H2,1-4H3. The number of fused-ring (bicyclic) bond motifs is 1. The molecule has 0 saturated carbocycles. The Kier molecular flexibility index (Phi) is 5.19. The van der Waals surface area contributed by atoms with E-state index in [-0.39, 0.29) is 29.8 Å². The molecule has 2 aromatic carbocycles. The Morgan fingerprint density at radius 3 is 2.33 bits per heavy atom. The first-order chi connectivity index (χ1) is 15.9. The zero-order valence-corrected chi connectivity index (χ0v) is 19.4. The van der Waals surface area contributed by atoms with E-state index in [2.05, 4.69) is 13.8 Å². The summed E-state index contributed by atoms with van der Waals surface area (Å²) in [5.74, 6) is 0.922. The predicted octanol–water partition coefficient (Wildman–Crippen LogP) is 3.87. The molecule has 1 fully saturated rings. The first-order valence-corrected chi connectivity index (χ1v) is 11.3. The van der Waals surface area contributed by atoms with Gasteiger partial charge in [-0.15, -0.1) is 0 Å². The number of aromatic nitrogens is 2. The number of carbonyl (C=O) groups excluding carboxylic acids is 2. The quantitative estimate of drug-likeness (QED) is 0.599. The molecule has 3 heterocycles. The van der Waals surface area contributed by atoms with Gasteiger partial charge < -0.3 is 14.5 Å². The van der Waals surface area contributed by atoms with Gasteiger partial charge in [0.05, 0.1) is 30.6 Å². The second kappa shape index (κ2) is 8.06. The van der Waals surface area contributed by atoms with E-state index in [1.165, 1.54) is 0 Å². The summed E-state index contributed by atoms with van der Waals surface area (Å²) in [5.41, 5.74) is 4.05. The number of ether oxygens (including phenoxy) is 1. The lowest BCUT2D eigenvalue weighted by Crippen LogP contribution is -2.62. The molecular formula is C26H28N4O3. The van der Waals surface area contributed by atoms with Crippen LogP contribution in [0.5, 0.6) is 5.75 Å². The Labute approximate surface area is 193 Å². The lowest BCUT2D eigenvalue weighted by Gasteiger charge is -2.47. The molecule has 1 saturated heterocycles. The summed E-state index contributed by atoms with van der Waals surface area (Å²) in [6.45, 7) is 7.31. The number of nitrogens with zero attached hydrogens (tertiary/aromatic N) is 4. The monoisotopic (exact) mass is 444 g/mol. The van der Waals surface area contributed by atoms with Crippen LogP contribution in [-0.2, 0) is 0 Å². The largest absolute Gasteiger partial charge is 0.497 e. The number of hydrogen-bond donors (Lipinski definition) is 0. The minimum atomic E-state index is -0.0480.